The van der Waals surface area contributed by atoms with Crippen molar-refractivity contribution in [1.82, 2.24) is 0 Å². The highest BCUT2D eigenvalue weighted by molar-refractivity contribution is 5.34. The van der Waals surface area contributed by atoms with Crippen LogP contribution in [0, 0.1) is 10.1 Å². The smallest absolute Gasteiger partial charge is 0.269 e. The number of hydrogen-bond donors (Lipinski definition) is 1. The molecular formula is C11H13NO3. The third-order valence-corrected chi connectivity index (χ3v) is 2.03. The lowest BCUT2D eigenvalue weighted by Gasteiger charge is -2.07. The van der Waals surface area contributed by atoms with Crippen LogP contribution in [0.5, 0.6) is 0 Å². The van der Waals surface area contributed by atoms with Crippen LogP contribution in [-0.4, -0.2) is 16.1 Å². The average molecular weight is 207 g/mol. The zero-order valence-electron chi connectivity index (χ0n) is 8.30. The lowest BCUT2D eigenvalue weighted by Crippen LogP contribution is -2.08. The van der Waals surface area contributed by atoms with E-state index in [1.54, 1.807) is 18.2 Å². The summed E-state index contributed by atoms with van der Waals surface area (Å²) in [6.45, 7) is 3.52. The highest BCUT2D eigenvalue weighted by Crippen LogP contribution is 2.15. The summed E-state index contributed by atoms with van der Waals surface area (Å²) in [5, 5.41) is 20.0. The molecule has 0 aliphatic rings. The highest BCUT2D eigenvalue weighted by Gasteiger charge is 2.08. The molecule has 1 unspecified atom stereocenters. The molecule has 1 N–H and O–H groups in total. The Balaban J connectivity index is 2.73. The Morgan fingerprint density at radius 3 is 2.93 bits per heavy atom. The van der Waals surface area contributed by atoms with Gasteiger partial charge >= 0.3 is 0 Å². The monoisotopic (exact) mass is 207 g/mol. The van der Waals surface area contributed by atoms with Gasteiger partial charge in [-0.2, -0.15) is 0 Å². The van der Waals surface area contributed by atoms with Crippen LogP contribution in [-0.2, 0) is 6.42 Å². The number of nitrogens with zero attached hydrogens (tertiary/aromatic N) is 1. The maximum Gasteiger partial charge on any atom is 0.269 e. The molecule has 80 valence electrons. The Morgan fingerprint density at radius 2 is 2.33 bits per heavy atom. The van der Waals surface area contributed by atoms with Crippen molar-refractivity contribution < 1.29 is 10.0 Å². The molecule has 0 bridgehead atoms. The Hall–Kier alpha value is -1.68. The van der Waals surface area contributed by atoms with Gasteiger partial charge in [-0.25, -0.2) is 0 Å². The minimum Gasteiger partial charge on any atom is -0.392 e. The van der Waals surface area contributed by atoms with Gasteiger partial charge in [-0.05, 0) is 18.4 Å². The standard InChI is InChI=1S/C11H13NO3/c1-2-4-11(13)8-9-5-3-6-10(7-9)12(14)15/h2-3,5-7,11,13H,1,4,8H2. The van der Waals surface area contributed by atoms with Gasteiger partial charge in [0.2, 0.25) is 0 Å². The van der Waals surface area contributed by atoms with Crippen LogP contribution in [0.4, 0.5) is 5.69 Å². The van der Waals surface area contributed by atoms with Crippen molar-refractivity contribution in [3.63, 3.8) is 0 Å². The van der Waals surface area contributed by atoms with Crippen LogP contribution in [0.1, 0.15) is 12.0 Å². The second-order valence-corrected chi connectivity index (χ2v) is 3.31. The fraction of sp³-hybridized carbons (Fsp3) is 0.273. The highest BCUT2D eigenvalue weighted by atomic mass is 16.6. The third-order valence-electron chi connectivity index (χ3n) is 2.03. The Labute approximate surface area is 88.0 Å². The second kappa shape index (κ2) is 5.26. The number of benzene rings is 1. The summed E-state index contributed by atoms with van der Waals surface area (Å²) < 4.78 is 0. The van der Waals surface area contributed by atoms with E-state index in [1.165, 1.54) is 12.1 Å². The minimum absolute atomic E-state index is 0.0540. The van der Waals surface area contributed by atoms with Gasteiger partial charge in [0, 0.05) is 12.1 Å². The van der Waals surface area contributed by atoms with Crippen molar-refractivity contribution in [2.45, 2.75) is 18.9 Å². The largest absolute Gasteiger partial charge is 0.392 e. The first-order valence-corrected chi connectivity index (χ1v) is 4.65. The summed E-state index contributed by atoms with van der Waals surface area (Å²) in [5.74, 6) is 0. The van der Waals surface area contributed by atoms with Gasteiger partial charge in [0.15, 0.2) is 0 Å². The Morgan fingerprint density at radius 1 is 1.60 bits per heavy atom. The molecule has 0 aromatic heterocycles. The van der Waals surface area contributed by atoms with Crippen LogP contribution in [0.25, 0.3) is 0 Å². The molecule has 0 aliphatic carbocycles. The molecule has 0 saturated carbocycles. The summed E-state index contributed by atoms with van der Waals surface area (Å²) in [6.07, 6.45) is 2.00. The predicted octanol–water partition coefficient (Wildman–Crippen LogP) is 2.07. The number of rotatable bonds is 5. The fourth-order valence-corrected chi connectivity index (χ4v) is 1.34. The molecule has 1 rings (SSSR count). The van der Waals surface area contributed by atoms with E-state index in [0.717, 1.165) is 5.56 Å². The van der Waals surface area contributed by atoms with Crippen molar-refractivity contribution in [3.8, 4) is 0 Å². The molecule has 0 radical (unpaired) electrons. The van der Waals surface area contributed by atoms with Crippen LogP contribution >= 0.6 is 0 Å². The van der Waals surface area contributed by atoms with Crippen molar-refractivity contribution >= 4 is 5.69 Å². The zero-order chi connectivity index (χ0) is 11.3. The summed E-state index contributed by atoms with van der Waals surface area (Å²) in [5.41, 5.74) is 0.817. The van der Waals surface area contributed by atoms with Crippen LogP contribution in [0.15, 0.2) is 36.9 Å². The van der Waals surface area contributed by atoms with E-state index >= 15 is 0 Å². The van der Waals surface area contributed by atoms with Gasteiger partial charge in [0.1, 0.15) is 0 Å². The SMILES string of the molecule is C=CCC(O)Cc1cccc([N+](=O)[O-])c1. The lowest BCUT2D eigenvalue weighted by molar-refractivity contribution is -0.384. The Bertz CT molecular complexity index is 363. The molecule has 4 heteroatoms. The first-order valence-electron chi connectivity index (χ1n) is 4.65. The molecular weight excluding hydrogens is 194 g/mol. The molecule has 1 atom stereocenters. The first-order chi connectivity index (χ1) is 7.13. The molecule has 1 aromatic carbocycles. The summed E-state index contributed by atoms with van der Waals surface area (Å²) in [6, 6.07) is 6.29. The number of aliphatic hydroxyl groups is 1. The molecule has 0 fully saturated rings. The number of aliphatic hydroxyl groups excluding tert-OH is 1. The topological polar surface area (TPSA) is 63.4 Å². The number of non-ortho nitro benzene ring substituents is 1. The van der Waals surface area contributed by atoms with Crippen LogP contribution in [0.2, 0.25) is 0 Å². The fourth-order valence-electron chi connectivity index (χ4n) is 1.34. The minimum atomic E-state index is -0.524. The predicted molar refractivity (Wildman–Crippen MR) is 57.6 cm³/mol. The van der Waals surface area contributed by atoms with E-state index in [-0.39, 0.29) is 5.69 Å². The number of nitro groups is 1. The molecule has 4 nitrogen and oxygen atoms in total. The molecule has 0 heterocycles. The van der Waals surface area contributed by atoms with E-state index in [4.69, 9.17) is 0 Å². The van der Waals surface area contributed by atoms with Gasteiger partial charge in [-0.15, -0.1) is 6.58 Å². The first kappa shape index (κ1) is 11.4. The molecule has 0 spiro atoms. The van der Waals surface area contributed by atoms with Gasteiger partial charge in [-0.1, -0.05) is 18.2 Å². The average Bonchev–Trinajstić information content (AvgIpc) is 2.18. The van der Waals surface area contributed by atoms with Gasteiger partial charge in [-0.3, -0.25) is 10.1 Å². The maximum atomic E-state index is 10.5. The number of nitro benzene ring substituents is 1. The molecule has 0 saturated heterocycles. The summed E-state index contributed by atoms with van der Waals surface area (Å²) in [7, 11) is 0. The Kier molecular flexibility index (Phi) is 4.00. The van der Waals surface area contributed by atoms with Crippen LogP contribution in [0.3, 0.4) is 0 Å². The van der Waals surface area contributed by atoms with Crippen molar-refractivity contribution in [3.05, 3.63) is 52.6 Å². The quantitative estimate of drug-likeness (QED) is 0.456. The third kappa shape index (κ3) is 3.52. The van der Waals surface area contributed by atoms with Crippen molar-refractivity contribution in [2.75, 3.05) is 0 Å². The van der Waals surface area contributed by atoms with E-state index < -0.39 is 11.0 Å². The van der Waals surface area contributed by atoms with Crippen molar-refractivity contribution in [1.29, 1.82) is 0 Å². The maximum absolute atomic E-state index is 10.5. The zero-order valence-corrected chi connectivity index (χ0v) is 8.30. The van der Waals surface area contributed by atoms with Crippen LogP contribution < -0.4 is 0 Å². The van der Waals surface area contributed by atoms with Gasteiger partial charge in [0.25, 0.3) is 5.69 Å². The lowest BCUT2D eigenvalue weighted by atomic mass is 10.1. The number of hydrogen-bond acceptors (Lipinski definition) is 3. The molecule has 0 amide bonds. The van der Waals surface area contributed by atoms with E-state index in [9.17, 15) is 15.2 Å². The van der Waals surface area contributed by atoms with E-state index in [1.807, 2.05) is 0 Å². The van der Waals surface area contributed by atoms with Gasteiger partial charge in [0.05, 0.1) is 11.0 Å². The van der Waals surface area contributed by atoms with E-state index in [2.05, 4.69) is 6.58 Å². The molecule has 0 aliphatic heterocycles. The van der Waals surface area contributed by atoms with E-state index in [0.29, 0.717) is 12.8 Å². The van der Waals surface area contributed by atoms with Gasteiger partial charge < -0.3 is 5.11 Å². The molecule has 15 heavy (non-hydrogen) atoms. The summed E-state index contributed by atoms with van der Waals surface area (Å²) in [4.78, 5) is 10.1. The normalized spacial score (nSPS) is 12.1. The second-order valence-electron chi connectivity index (χ2n) is 3.31. The van der Waals surface area contributed by atoms with Crippen molar-refractivity contribution in [2.24, 2.45) is 0 Å². The molecule has 1 aromatic rings. The summed E-state index contributed by atoms with van der Waals surface area (Å²) >= 11 is 0.